The van der Waals surface area contributed by atoms with Crippen LogP contribution in [0.4, 0.5) is 5.82 Å². The Morgan fingerprint density at radius 2 is 1.86 bits per heavy atom. The van der Waals surface area contributed by atoms with Gasteiger partial charge in [0.05, 0.1) is 24.5 Å². The molecule has 0 aliphatic carbocycles. The van der Waals surface area contributed by atoms with Crippen molar-refractivity contribution < 1.29 is 4.79 Å². The second kappa shape index (κ2) is 8.26. The Morgan fingerprint density at radius 3 is 2.55 bits per heavy atom. The molecule has 8 heteroatoms. The van der Waals surface area contributed by atoms with Gasteiger partial charge in [0, 0.05) is 68.2 Å². The largest absolute Gasteiger partial charge is 0.310 e. The molecule has 0 bridgehead atoms. The normalized spacial score (nSPS) is 15.9. The average Bonchev–Trinajstić information content (AvgIpc) is 3.14. The lowest BCUT2D eigenvalue weighted by molar-refractivity contribution is -0.117. The molecule has 8 nitrogen and oxygen atoms in total. The Kier molecular flexibility index (Phi) is 5.55. The minimum absolute atomic E-state index is 0.0359. The van der Waals surface area contributed by atoms with Gasteiger partial charge in [-0.3, -0.25) is 24.3 Å². The zero-order valence-electron chi connectivity index (χ0n) is 17.2. The molecular formula is C21H27N7O. The molecule has 1 N–H and O–H groups in total. The summed E-state index contributed by atoms with van der Waals surface area (Å²) < 4.78 is 1.76. The fourth-order valence-corrected chi connectivity index (χ4v) is 3.65. The molecule has 3 aromatic rings. The van der Waals surface area contributed by atoms with E-state index in [4.69, 9.17) is 0 Å². The third kappa shape index (κ3) is 4.60. The topological polar surface area (TPSA) is 79.2 Å². The molecule has 1 fully saturated rings. The predicted molar refractivity (Wildman–Crippen MR) is 114 cm³/mol. The summed E-state index contributed by atoms with van der Waals surface area (Å²) in [5.74, 6) is 0.514. The van der Waals surface area contributed by atoms with E-state index < -0.39 is 0 Å². The highest BCUT2D eigenvalue weighted by Crippen LogP contribution is 2.23. The summed E-state index contributed by atoms with van der Waals surface area (Å²) in [7, 11) is 1.89. The highest BCUT2D eigenvalue weighted by Gasteiger charge is 2.20. The highest BCUT2D eigenvalue weighted by molar-refractivity contribution is 5.93. The number of hydrogen-bond acceptors (Lipinski definition) is 6. The summed E-state index contributed by atoms with van der Waals surface area (Å²) in [6, 6.07) is 4.47. The molecule has 0 radical (unpaired) electrons. The van der Waals surface area contributed by atoms with Gasteiger partial charge in [-0.2, -0.15) is 5.10 Å². The first-order chi connectivity index (χ1) is 14.0. The molecule has 0 atom stereocenters. The van der Waals surface area contributed by atoms with E-state index in [9.17, 15) is 4.79 Å². The van der Waals surface area contributed by atoms with Gasteiger partial charge >= 0.3 is 0 Å². The number of hydrogen-bond donors (Lipinski definition) is 1. The van der Waals surface area contributed by atoms with Crippen molar-refractivity contribution >= 4 is 22.6 Å². The van der Waals surface area contributed by atoms with Crippen molar-refractivity contribution in [3.05, 3.63) is 36.9 Å². The van der Waals surface area contributed by atoms with E-state index in [-0.39, 0.29) is 5.91 Å². The van der Waals surface area contributed by atoms with Crippen molar-refractivity contribution in [1.82, 2.24) is 29.5 Å². The summed E-state index contributed by atoms with van der Waals surface area (Å²) in [5, 5.41) is 8.07. The second-order valence-electron chi connectivity index (χ2n) is 7.84. The number of carbonyl (C=O) groups is 1. The van der Waals surface area contributed by atoms with Crippen LogP contribution in [0.25, 0.3) is 22.0 Å². The summed E-state index contributed by atoms with van der Waals surface area (Å²) in [6.07, 6.45) is 7.27. The molecule has 4 rings (SSSR count). The summed E-state index contributed by atoms with van der Waals surface area (Å²) in [6.45, 7) is 8.64. The molecule has 1 saturated heterocycles. The zero-order valence-corrected chi connectivity index (χ0v) is 17.2. The van der Waals surface area contributed by atoms with Crippen molar-refractivity contribution in [3.8, 4) is 11.1 Å². The van der Waals surface area contributed by atoms with Gasteiger partial charge in [-0.15, -0.1) is 0 Å². The lowest BCUT2D eigenvalue weighted by atomic mass is 10.1. The second-order valence-corrected chi connectivity index (χ2v) is 7.84. The number of rotatable bonds is 5. The van der Waals surface area contributed by atoms with E-state index in [1.54, 1.807) is 10.9 Å². The van der Waals surface area contributed by atoms with Crippen LogP contribution in [-0.2, 0) is 11.8 Å². The van der Waals surface area contributed by atoms with E-state index in [1.165, 1.54) is 0 Å². The van der Waals surface area contributed by atoms with E-state index in [0.717, 1.165) is 48.2 Å². The fraction of sp³-hybridized carbons (Fsp3) is 0.429. The van der Waals surface area contributed by atoms with Gasteiger partial charge in [-0.1, -0.05) is 0 Å². The van der Waals surface area contributed by atoms with Crippen molar-refractivity contribution in [2.45, 2.75) is 19.9 Å². The maximum atomic E-state index is 12.5. The first-order valence-corrected chi connectivity index (χ1v) is 9.99. The molecule has 0 unspecified atom stereocenters. The van der Waals surface area contributed by atoms with E-state index in [0.29, 0.717) is 18.4 Å². The van der Waals surface area contributed by atoms with Gasteiger partial charge in [-0.05, 0) is 26.0 Å². The van der Waals surface area contributed by atoms with Gasteiger partial charge < -0.3 is 5.32 Å². The van der Waals surface area contributed by atoms with Crippen LogP contribution in [0.15, 0.2) is 36.9 Å². The minimum Gasteiger partial charge on any atom is -0.310 e. The molecule has 1 aliphatic rings. The minimum atomic E-state index is -0.0359. The number of nitrogens with zero attached hydrogens (tertiary/aromatic N) is 6. The third-order valence-corrected chi connectivity index (χ3v) is 5.38. The molecule has 4 heterocycles. The van der Waals surface area contributed by atoms with Gasteiger partial charge in [0.15, 0.2) is 0 Å². The Labute approximate surface area is 170 Å². The molecule has 1 aliphatic heterocycles. The van der Waals surface area contributed by atoms with Crippen LogP contribution in [0.2, 0.25) is 0 Å². The van der Waals surface area contributed by atoms with Crippen LogP contribution in [0.3, 0.4) is 0 Å². The predicted octanol–water partition coefficient (Wildman–Crippen LogP) is 1.99. The Hall–Kier alpha value is -2.84. The molecule has 152 valence electrons. The number of amides is 1. The van der Waals surface area contributed by atoms with E-state index in [1.807, 2.05) is 37.8 Å². The molecular weight excluding hydrogens is 366 g/mol. The Morgan fingerprint density at radius 1 is 1.07 bits per heavy atom. The number of anilines is 1. The van der Waals surface area contributed by atoms with Crippen LogP contribution in [-0.4, -0.2) is 74.2 Å². The van der Waals surface area contributed by atoms with Crippen LogP contribution in [0, 0.1) is 0 Å². The van der Waals surface area contributed by atoms with Crippen molar-refractivity contribution in [3.63, 3.8) is 0 Å². The number of fused-ring (bicyclic) bond motifs is 1. The number of piperazine rings is 1. The number of aryl methyl sites for hydroxylation is 1. The smallest absolute Gasteiger partial charge is 0.239 e. The van der Waals surface area contributed by atoms with Gasteiger partial charge in [0.1, 0.15) is 5.82 Å². The number of carbonyl (C=O) groups excluding carboxylic acids is 1. The fourth-order valence-electron chi connectivity index (χ4n) is 3.65. The Balaban J connectivity index is 1.42. The lowest BCUT2D eigenvalue weighted by Gasteiger charge is -2.36. The van der Waals surface area contributed by atoms with Gasteiger partial charge in [0.25, 0.3) is 0 Å². The maximum Gasteiger partial charge on any atom is 0.239 e. The first kappa shape index (κ1) is 19.5. The summed E-state index contributed by atoms with van der Waals surface area (Å²) >= 11 is 0. The SMILES string of the molecule is CC(C)N1CCN(CC(=O)Nc2cc3cc(-c4cnn(C)c4)cnc3cn2)CC1. The highest BCUT2D eigenvalue weighted by atomic mass is 16.2. The van der Waals surface area contributed by atoms with Crippen molar-refractivity contribution in [2.24, 2.45) is 7.05 Å². The standard InChI is InChI=1S/C21H27N7O/c1-15(2)28-6-4-27(5-7-28)14-21(29)25-20-9-16-8-17(10-22-19(16)12-23-20)18-11-24-26(3)13-18/h8-13,15H,4-7,14H2,1-3H3,(H,23,25,29). The van der Waals surface area contributed by atoms with Crippen LogP contribution in [0.1, 0.15) is 13.8 Å². The summed E-state index contributed by atoms with van der Waals surface area (Å²) in [5.41, 5.74) is 2.78. The van der Waals surface area contributed by atoms with Gasteiger partial charge in [-0.25, -0.2) is 4.98 Å². The maximum absolute atomic E-state index is 12.5. The summed E-state index contributed by atoms with van der Waals surface area (Å²) in [4.78, 5) is 25.9. The number of aromatic nitrogens is 4. The Bertz CT molecular complexity index is 1010. The number of nitrogens with one attached hydrogen (secondary N) is 1. The van der Waals surface area contributed by atoms with Crippen molar-refractivity contribution in [2.75, 3.05) is 38.0 Å². The van der Waals surface area contributed by atoms with E-state index >= 15 is 0 Å². The molecule has 0 aromatic carbocycles. The molecule has 29 heavy (non-hydrogen) atoms. The number of pyridine rings is 2. The zero-order chi connectivity index (χ0) is 20.4. The lowest BCUT2D eigenvalue weighted by Crippen LogP contribution is -2.50. The van der Waals surface area contributed by atoms with Gasteiger partial charge in [0.2, 0.25) is 5.91 Å². The van der Waals surface area contributed by atoms with Crippen molar-refractivity contribution in [1.29, 1.82) is 0 Å². The third-order valence-electron chi connectivity index (χ3n) is 5.38. The average molecular weight is 393 g/mol. The van der Waals surface area contributed by atoms with Crippen LogP contribution < -0.4 is 5.32 Å². The molecule has 3 aromatic heterocycles. The molecule has 0 spiro atoms. The monoisotopic (exact) mass is 393 g/mol. The van der Waals surface area contributed by atoms with Crippen LogP contribution in [0.5, 0.6) is 0 Å². The molecule has 0 saturated carbocycles. The van der Waals surface area contributed by atoms with Crippen LogP contribution >= 0.6 is 0 Å². The first-order valence-electron chi connectivity index (χ1n) is 9.99. The van der Waals surface area contributed by atoms with E-state index in [2.05, 4.69) is 44.0 Å². The molecule has 1 amide bonds. The quantitative estimate of drug-likeness (QED) is 0.714.